The summed E-state index contributed by atoms with van der Waals surface area (Å²) in [6, 6.07) is 7.87. The first-order valence-electron chi connectivity index (χ1n) is 7.00. The highest BCUT2D eigenvalue weighted by Gasteiger charge is 2.20. The van der Waals surface area contributed by atoms with Crippen molar-refractivity contribution in [3.05, 3.63) is 53.3 Å². The van der Waals surface area contributed by atoms with Crippen LogP contribution in [-0.4, -0.2) is 29.1 Å². The summed E-state index contributed by atoms with van der Waals surface area (Å²) in [7, 11) is 1.40. The summed E-state index contributed by atoms with van der Waals surface area (Å²) in [5.74, 6) is 0.356. The Morgan fingerprint density at radius 2 is 2.10 bits per heavy atom. The van der Waals surface area contributed by atoms with E-state index in [2.05, 4.69) is 15.3 Å². The smallest absolute Gasteiger partial charge is 0.337 e. The van der Waals surface area contributed by atoms with E-state index in [0.29, 0.717) is 11.5 Å². The molecule has 1 aliphatic carbocycles. The molecule has 0 radical (unpaired) electrons. The van der Waals surface area contributed by atoms with Gasteiger partial charge >= 0.3 is 5.97 Å². The summed E-state index contributed by atoms with van der Waals surface area (Å²) in [6.07, 6.45) is 6.32. The van der Waals surface area contributed by atoms with Gasteiger partial charge in [-0.2, -0.15) is 0 Å². The van der Waals surface area contributed by atoms with Crippen LogP contribution in [0.4, 0.5) is 5.95 Å². The van der Waals surface area contributed by atoms with E-state index >= 15 is 0 Å². The number of aryl methyl sites for hydroxylation is 1. The maximum Gasteiger partial charge on any atom is 0.337 e. The van der Waals surface area contributed by atoms with Crippen molar-refractivity contribution in [2.24, 2.45) is 0 Å². The lowest BCUT2D eigenvalue weighted by Crippen LogP contribution is -2.28. The first-order valence-corrected chi connectivity index (χ1v) is 7.00. The summed E-state index contributed by atoms with van der Waals surface area (Å²) in [4.78, 5) is 20.0. The summed E-state index contributed by atoms with van der Waals surface area (Å²) in [5.41, 5.74) is 3.10. The zero-order chi connectivity index (χ0) is 14.7. The third-order valence-electron chi connectivity index (χ3n) is 3.75. The molecular formula is C16H17N3O2. The number of nitrogens with zero attached hydrogens (tertiary/aromatic N) is 2. The van der Waals surface area contributed by atoms with Gasteiger partial charge in [0.2, 0.25) is 5.95 Å². The molecule has 0 aliphatic heterocycles. The number of aromatic nitrogens is 2. The lowest BCUT2D eigenvalue weighted by atomic mass is 9.87. The van der Waals surface area contributed by atoms with Crippen molar-refractivity contribution in [2.45, 2.75) is 25.3 Å². The van der Waals surface area contributed by atoms with Crippen LogP contribution in [0.2, 0.25) is 0 Å². The first-order chi connectivity index (χ1) is 10.3. The molecular weight excluding hydrogens is 266 g/mol. The largest absolute Gasteiger partial charge is 0.465 e. The number of nitrogens with one attached hydrogen (secondary N) is 1. The van der Waals surface area contributed by atoms with E-state index in [1.54, 1.807) is 18.5 Å². The number of hydrogen-bond donors (Lipinski definition) is 1. The molecule has 1 aromatic heterocycles. The molecule has 5 nitrogen and oxygen atoms in total. The molecule has 1 aromatic carbocycles. The second-order valence-corrected chi connectivity index (χ2v) is 5.13. The van der Waals surface area contributed by atoms with Crippen molar-refractivity contribution < 1.29 is 9.53 Å². The number of anilines is 1. The minimum Gasteiger partial charge on any atom is -0.465 e. The van der Waals surface area contributed by atoms with Crippen LogP contribution in [0.3, 0.4) is 0 Å². The zero-order valence-corrected chi connectivity index (χ0v) is 11.9. The van der Waals surface area contributed by atoms with Gasteiger partial charge < -0.3 is 10.1 Å². The van der Waals surface area contributed by atoms with E-state index in [1.165, 1.54) is 18.2 Å². The van der Waals surface area contributed by atoms with E-state index in [4.69, 9.17) is 4.74 Å². The standard InChI is InChI=1S/C16H17N3O2/c1-21-15(20)12-4-3-11-5-6-14(10-13(11)9-12)19-16-17-7-2-8-18-16/h2-4,7-9,14H,5-6,10H2,1H3,(H,17,18,19). The number of fused-ring (bicyclic) bond motifs is 1. The molecule has 0 saturated carbocycles. The predicted octanol–water partition coefficient (Wildman–Crippen LogP) is 2.23. The van der Waals surface area contributed by atoms with Crippen molar-refractivity contribution in [3.63, 3.8) is 0 Å². The number of methoxy groups -OCH3 is 1. The molecule has 0 bridgehead atoms. The van der Waals surface area contributed by atoms with Crippen LogP contribution in [0.15, 0.2) is 36.7 Å². The Morgan fingerprint density at radius 3 is 2.86 bits per heavy atom. The molecule has 0 amide bonds. The Balaban J connectivity index is 1.76. The fourth-order valence-corrected chi connectivity index (χ4v) is 2.68. The first kappa shape index (κ1) is 13.5. The maximum atomic E-state index is 11.6. The van der Waals surface area contributed by atoms with E-state index < -0.39 is 0 Å². The number of ether oxygens (including phenoxy) is 1. The lowest BCUT2D eigenvalue weighted by Gasteiger charge is -2.25. The van der Waals surface area contributed by atoms with E-state index in [-0.39, 0.29) is 12.0 Å². The van der Waals surface area contributed by atoms with E-state index in [1.807, 2.05) is 18.2 Å². The molecule has 21 heavy (non-hydrogen) atoms. The summed E-state index contributed by atoms with van der Waals surface area (Å²) in [6.45, 7) is 0. The van der Waals surface area contributed by atoms with Crippen molar-refractivity contribution in [1.82, 2.24) is 9.97 Å². The fourth-order valence-electron chi connectivity index (χ4n) is 2.68. The van der Waals surface area contributed by atoms with Gasteiger partial charge in [-0.1, -0.05) is 6.07 Å². The second-order valence-electron chi connectivity index (χ2n) is 5.13. The average Bonchev–Trinajstić information content (AvgIpc) is 2.54. The molecule has 1 atom stereocenters. The monoisotopic (exact) mass is 283 g/mol. The maximum absolute atomic E-state index is 11.6. The summed E-state index contributed by atoms with van der Waals surface area (Å²) >= 11 is 0. The Labute approximate surface area is 123 Å². The van der Waals surface area contributed by atoms with Crippen LogP contribution in [0.5, 0.6) is 0 Å². The Kier molecular flexibility index (Phi) is 3.81. The molecule has 0 fully saturated rings. The Morgan fingerprint density at radius 1 is 1.29 bits per heavy atom. The van der Waals surface area contributed by atoms with E-state index in [0.717, 1.165) is 19.3 Å². The number of esters is 1. The van der Waals surface area contributed by atoms with Gasteiger partial charge in [0, 0.05) is 18.4 Å². The Bertz CT molecular complexity index is 643. The minimum atomic E-state index is -0.292. The second kappa shape index (κ2) is 5.91. The highest BCUT2D eigenvalue weighted by molar-refractivity contribution is 5.89. The van der Waals surface area contributed by atoms with Crippen molar-refractivity contribution in [3.8, 4) is 0 Å². The molecule has 0 saturated heterocycles. The zero-order valence-electron chi connectivity index (χ0n) is 11.9. The number of benzene rings is 1. The quantitative estimate of drug-likeness (QED) is 0.875. The molecule has 1 unspecified atom stereocenters. The highest BCUT2D eigenvalue weighted by Crippen LogP contribution is 2.24. The SMILES string of the molecule is COC(=O)c1ccc2c(c1)CC(Nc1ncccn1)CC2. The van der Waals surface area contributed by atoms with Gasteiger partial charge in [-0.05, 0) is 48.6 Å². The van der Waals surface area contributed by atoms with Crippen LogP contribution < -0.4 is 5.32 Å². The molecule has 0 spiro atoms. The van der Waals surface area contributed by atoms with Gasteiger partial charge in [-0.25, -0.2) is 14.8 Å². The number of rotatable bonds is 3. The van der Waals surface area contributed by atoms with Gasteiger partial charge in [0.25, 0.3) is 0 Å². The van der Waals surface area contributed by atoms with Crippen LogP contribution in [0, 0.1) is 0 Å². The van der Waals surface area contributed by atoms with Crippen molar-refractivity contribution in [1.29, 1.82) is 0 Å². The van der Waals surface area contributed by atoms with Crippen LogP contribution in [-0.2, 0) is 17.6 Å². The molecule has 1 aliphatic rings. The molecule has 1 N–H and O–H groups in total. The third kappa shape index (κ3) is 3.02. The minimum absolute atomic E-state index is 0.285. The van der Waals surface area contributed by atoms with Crippen molar-refractivity contribution >= 4 is 11.9 Å². The van der Waals surface area contributed by atoms with Crippen molar-refractivity contribution in [2.75, 3.05) is 12.4 Å². The fraction of sp³-hybridized carbons (Fsp3) is 0.312. The van der Waals surface area contributed by atoms with Gasteiger partial charge in [-0.15, -0.1) is 0 Å². The molecule has 5 heteroatoms. The lowest BCUT2D eigenvalue weighted by molar-refractivity contribution is 0.0600. The Hall–Kier alpha value is -2.43. The number of carbonyl (C=O) groups excluding carboxylic acids is 1. The number of hydrogen-bond acceptors (Lipinski definition) is 5. The van der Waals surface area contributed by atoms with Crippen LogP contribution in [0.25, 0.3) is 0 Å². The average molecular weight is 283 g/mol. The van der Waals surface area contributed by atoms with Gasteiger partial charge in [0.05, 0.1) is 12.7 Å². The van der Waals surface area contributed by atoms with Gasteiger partial charge in [0.15, 0.2) is 0 Å². The summed E-state index contributed by atoms with van der Waals surface area (Å²) < 4.78 is 4.78. The topological polar surface area (TPSA) is 64.1 Å². The molecule has 3 rings (SSSR count). The van der Waals surface area contributed by atoms with Gasteiger partial charge in [-0.3, -0.25) is 0 Å². The van der Waals surface area contributed by atoms with Crippen LogP contribution in [0.1, 0.15) is 27.9 Å². The number of carbonyl (C=O) groups is 1. The van der Waals surface area contributed by atoms with E-state index in [9.17, 15) is 4.79 Å². The highest BCUT2D eigenvalue weighted by atomic mass is 16.5. The van der Waals surface area contributed by atoms with Crippen LogP contribution >= 0.6 is 0 Å². The molecule has 108 valence electrons. The third-order valence-corrected chi connectivity index (χ3v) is 3.75. The molecule has 2 aromatic rings. The predicted molar refractivity (Wildman–Crippen MR) is 79.2 cm³/mol. The summed E-state index contributed by atoms with van der Waals surface area (Å²) in [5, 5.41) is 3.35. The normalized spacial score (nSPS) is 16.9. The van der Waals surface area contributed by atoms with Gasteiger partial charge in [0.1, 0.15) is 0 Å². The molecule has 1 heterocycles.